The van der Waals surface area contributed by atoms with Gasteiger partial charge in [-0.2, -0.15) is 0 Å². The topological polar surface area (TPSA) is 58.9 Å². The molecule has 0 aliphatic heterocycles. The molecule has 0 radical (unpaired) electrons. The SMILES string of the molecule is Cc1ccc(-c2cc(C)c(CO)c(-c3cccnc3)n2)cn1. The maximum atomic E-state index is 9.69. The minimum absolute atomic E-state index is 0.0461. The van der Waals surface area contributed by atoms with Crippen molar-refractivity contribution in [2.24, 2.45) is 0 Å². The summed E-state index contributed by atoms with van der Waals surface area (Å²) in [6.45, 7) is 3.89. The number of hydrogen-bond donors (Lipinski definition) is 1. The highest BCUT2D eigenvalue weighted by Gasteiger charge is 2.12. The fraction of sp³-hybridized carbons (Fsp3) is 0.167. The predicted molar refractivity (Wildman–Crippen MR) is 86.1 cm³/mol. The highest BCUT2D eigenvalue weighted by molar-refractivity contribution is 5.69. The molecule has 0 aliphatic carbocycles. The molecule has 22 heavy (non-hydrogen) atoms. The number of aliphatic hydroxyl groups excluding tert-OH is 1. The van der Waals surface area contributed by atoms with Gasteiger partial charge in [0.05, 0.1) is 18.0 Å². The minimum Gasteiger partial charge on any atom is -0.392 e. The fourth-order valence-corrected chi connectivity index (χ4v) is 2.41. The third-order valence-corrected chi connectivity index (χ3v) is 3.65. The maximum absolute atomic E-state index is 9.69. The van der Waals surface area contributed by atoms with E-state index in [1.165, 1.54) is 0 Å². The van der Waals surface area contributed by atoms with Gasteiger partial charge < -0.3 is 5.11 Å². The van der Waals surface area contributed by atoms with Gasteiger partial charge in [0.15, 0.2) is 0 Å². The largest absolute Gasteiger partial charge is 0.392 e. The minimum atomic E-state index is -0.0461. The van der Waals surface area contributed by atoms with Gasteiger partial charge in [0.2, 0.25) is 0 Å². The van der Waals surface area contributed by atoms with Gasteiger partial charge in [-0.1, -0.05) is 0 Å². The first-order valence-corrected chi connectivity index (χ1v) is 7.14. The average Bonchev–Trinajstić information content (AvgIpc) is 2.55. The number of pyridine rings is 3. The van der Waals surface area contributed by atoms with Gasteiger partial charge in [0, 0.05) is 41.0 Å². The first-order valence-electron chi connectivity index (χ1n) is 7.14. The second kappa shape index (κ2) is 6.03. The van der Waals surface area contributed by atoms with Crippen LogP contribution in [0, 0.1) is 13.8 Å². The van der Waals surface area contributed by atoms with Crippen LogP contribution >= 0.6 is 0 Å². The zero-order chi connectivity index (χ0) is 15.5. The van der Waals surface area contributed by atoms with Crippen molar-refractivity contribution < 1.29 is 5.11 Å². The highest BCUT2D eigenvalue weighted by atomic mass is 16.3. The average molecular weight is 291 g/mol. The van der Waals surface area contributed by atoms with E-state index < -0.39 is 0 Å². The quantitative estimate of drug-likeness (QED) is 0.804. The van der Waals surface area contributed by atoms with Crippen molar-refractivity contribution in [3.05, 3.63) is 65.7 Å². The molecule has 0 bridgehead atoms. The van der Waals surface area contributed by atoms with Gasteiger partial charge in [0.25, 0.3) is 0 Å². The smallest absolute Gasteiger partial charge is 0.0782 e. The number of rotatable bonds is 3. The summed E-state index contributed by atoms with van der Waals surface area (Å²) in [6, 6.07) is 9.78. The standard InChI is InChI=1S/C18H17N3O/c1-12-8-17(14-6-5-13(2)20-10-14)21-18(16(12)11-22)15-4-3-7-19-9-15/h3-10,22H,11H2,1-2H3. The summed E-state index contributed by atoms with van der Waals surface area (Å²) in [5, 5.41) is 9.69. The Balaban J connectivity index is 2.18. The Kier molecular flexibility index (Phi) is 3.94. The van der Waals surface area contributed by atoms with Crippen LogP contribution in [0.3, 0.4) is 0 Å². The summed E-state index contributed by atoms with van der Waals surface area (Å²) in [5.74, 6) is 0. The molecule has 0 saturated carbocycles. The van der Waals surface area contributed by atoms with E-state index in [0.717, 1.165) is 39.3 Å². The van der Waals surface area contributed by atoms with E-state index in [1.54, 1.807) is 12.4 Å². The molecule has 0 fully saturated rings. The zero-order valence-electron chi connectivity index (χ0n) is 12.6. The molecule has 4 heteroatoms. The molecule has 3 aromatic rings. The molecule has 3 rings (SSSR count). The van der Waals surface area contributed by atoms with Crippen molar-refractivity contribution in [2.75, 3.05) is 0 Å². The normalized spacial score (nSPS) is 10.7. The monoisotopic (exact) mass is 291 g/mol. The molecule has 0 saturated heterocycles. The summed E-state index contributed by atoms with van der Waals surface area (Å²) < 4.78 is 0. The lowest BCUT2D eigenvalue weighted by atomic mass is 10.0. The van der Waals surface area contributed by atoms with E-state index in [0.29, 0.717) is 0 Å². The lowest BCUT2D eigenvalue weighted by Crippen LogP contribution is -2.00. The van der Waals surface area contributed by atoms with Crippen LogP contribution in [0.5, 0.6) is 0 Å². The van der Waals surface area contributed by atoms with Crippen LogP contribution < -0.4 is 0 Å². The summed E-state index contributed by atoms with van der Waals surface area (Å²) in [6.07, 6.45) is 5.31. The van der Waals surface area contributed by atoms with Crippen molar-refractivity contribution in [1.29, 1.82) is 0 Å². The number of aromatic nitrogens is 3. The Morgan fingerprint density at radius 1 is 1.05 bits per heavy atom. The van der Waals surface area contributed by atoms with Crippen LogP contribution in [0.1, 0.15) is 16.8 Å². The second-order valence-electron chi connectivity index (χ2n) is 5.24. The molecule has 0 atom stereocenters. The Morgan fingerprint density at radius 3 is 2.55 bits per heavy atom. The predicted octanol–water partition coefficient (Wildman–Crippen LogP) is 3.31. The van der Waals surface area contributed by atoms with E-state index in [4.69, 9.17) is 4.98 Å². The molecule has 1 N–H and O–H groups in total. The van der Waals surface area contributed by atoms with Gasteiger partial charge in [-0.05, 0) is 49.7 Å². The molecule has 4 nitrogen and oxygen atoms in total. The van der Waals surface area contributed by atoms with Crippen molar-refractivity contribution in [1.82, 2.24) is 15.0 Å². The van der Waals surface area contributed by atoms with Gasteiger partial charge in [-0.25, -0.2) is 4.98 Å². The van der Waals surface area contributed by atoms with Crippen LogP contribution in [-0.2, 0) is 6.61 Å². The van der Waals surface area contributed by atoms with E-state index in [9.17, 15) is 5.11 Å². The Morgan fingerprint density at radius 2 is 1.91 bits per heavy atom. The van der Waals surface area contributed by atoms with Crippen LogP contribution in [0.15, 0.2) is 48.9 Å². The summed E-state index contributed by atoms with van der Waals surface area (Å²) in [7, 11) is 0. The van der Waals surface area contributed by atoms with Crippen LogP contribution in [0.2, 0.25) is 0 Å². The van der Waals surface area contributed by atoms with E-state index >= 15 is 0 Å². The van der Waals surface area contributed by atoms with Crippen molar-refractivity contribution >= 4 is 0 Å². The number of aliphatic hydroxyl groups is 1. The summed E-state index contributed by atoms with van der Waals surface area (Å²) in [5.41, 5.74) is 6.29. The number of hydrogen-bond acceptors (Lipinski definition) is 4. The molecule has 3 aromatic heterocycles. The molecule has 0 amide bonds. The molecular weight excluding hydrogens is 274 g/mol. The van der Waals surface area contributed by atoms with Crippen molar-refractivity contribution in [3.63, 3.8) is 0 Å². The first-order chi connectivity index (χ1) is 10.7. The molecule has 110 valence electrons. The Bertz CT molecular complexity index is 783. The van der Waals surface area contributed by atoms with Crippen LogP contribution in [0.4, 0.5) is 0 Å². The lowest BCUT2D eigenvalue weighted by molar-refractivity contribution is 0.281. The zero-order valence-corrected chi connectivity index (χ0v) is 12.6. The van der Waals surface area contributed by atoms with Gasteiger partial charge in [-0.3, -0.25) is 9.97 Å². The molecule has 3 heterocycles. The molecule has 0 aromatic carbocycles. The lowest BCUT2D eigenvalue weighted by Gasteiger charge is -2.13. The first kappa shape index (κ1) is 14.4. The van der Waals surface area contributed by atoms with E-state index in [2.05, 4.69) is 9.97 Å². The van der Waals surface area contributed by atoms with Gasteiger partial charge in [0.1, 0.15) is 0 Å². The highest BCUT2D eigenvalue weighted by Crippen LogP contribution is 2.28. The summed E-state index contributed by atoms with van der Waals surface area (Å²) in [4.78, 5) is 13.2. The third-order valence-electron chi connectivity index (χ3n) is 3.65. The summed E-state index contributed by atoms with van der Waals surface area (Å²) >= 11 is 0. The number of aryl methyl sites for hydroxylation is 2. The molecule has 0 spiro atoms. The van der Waals surface area contributed by atoms with Gasteiger partial charge in [-0.15, -0.1) is 0 Å². The van der Waals surface area contributed by atoms with Crippen molar-refractivity contribution in [3.8, 4) is 22.5 Å². The third kappa shape index (κ3) is 2.73. The van der Waals surface area contributed by atoms with Crippen molar-refractivity contribution in [2.45, 2.75) is 20.5 Å². The van der Waals surface area contributed by atoms with E-state index in [1.807, 2.05) is 50.4 Å². The van der Waals surface area contributed by atoms with Crippen LogP contribution in [0.25, 0.3) is 22.5 Å². The number of nitrogens with zero attached hydrogens (tertiary/aromatic N) is 3. The second-order valence-corrected chi connectivity index (χ2v) is 5.24. The molecular formula is C18H17N3O. The Hall–Kier alpha value is -2.59. The Labute approximate surface area is 129 Å². The van der Waals surface area contributed by atoms with Gasteiger partial charge >= 0.3 is 0 Å². The van der Waals surface area contributed by atoms with E-state index in [-0.39, 0.29) is 6.61 Å². The maximum Gasteiger partial charge on any atom is 0.0782 e. The molecule has 0 unspecified atom stereocenters. The fourth-order valence-electron chi connectivity index (χ4n) is 2.41. The molecule has 0 aliphatic rings. The van der Waals surface area contributed by atoms with Crippen LogP contribution in [-0.4, -0.2) is 20.1 Å².